The number of aliphatic carboxylic acids is 1. The van der Waals surface area contributed by atoms with E-state index in [1.165, 1.54) is 24.3 Å². The largest absolute Gasteiger partial charge is 0.506 e. The first-order valence-corrected chi connectivity index (χ1v) is 5.94. The zero-order valence-electron chi connectivity index (χ0n) is 10.4. The summed E-state index contributed by atoms with van der Waals surface area (Å²) in [4.78, 5) is 25.3. The Morgan fingerprint density at radius 1 is 1.35 bits per heavy atom. The maximum Gasteiger partial charge on any atom is 0.341 e. The predicted octanol–water partition coefficient (Wildman–Crippen LogP) is 2.18. The first-order chi connectivity index (χ1) is 9.50. The number of hydrogen-bond donors (Lipinski definition) is 2. The zero-order valence-corrected chi connectivity index (χ0v) is 10.4. The van der Waals surface area contributed by atoms with Gasteiger partial charge in [-0.1, -0.05) is 12.1 Å². The predicted molar refractivity (Wildman–Crippen MR) is 71.8 cm³/mol. The Hall–Kier alpha value is -2.70. The van der Waals surface area contributed by atoms with Crippen molar-refractivity contribution in [3.05, 3.63) is 45.5 Å². The summed E-state index contributed by atoms with van der Waals surface area (Å²) >= 11 is 0. The minimum atomic E-state index is -1.38. The number of carboxylic acid groups (broad SMARTS) is 1. The number of nitro groups is 1. The zero-order chi connectivity index (χ0) is 14.7. The van der Waals surface area contributed by atoms with E-state index in [0.717, 1.165) is 19.1 Å². The lowest BCUT2D eigenvalue weighted by molar-refractivity contribution is -0.385. The molecule has 1 aliphatic rings. The normalized spacial score (nSPS) is 16.0. The van der Waals surface area contributed by atoms with Crippen LogP contribution in [0.1, 0.15) is 18.4 Å². The summed E-state index contributed by atoms with van der Waals surface area (Å²) in [5, 5.41) is 30.0. The molecule has 1 aromatic rings. The molecule has 1 aliphatic carbocycles. The van der Waals surface area contributed by atoms with Crippen molar-refractivity contribution >= 4 is 23.6 Å². The highest BCUT2D eigenvalue weighted by Crippen LogP contribution is 2.27. The Morgan fingerprint density at radius 2 is 2.00 bits per heavy atom. The third-order valence-corrected chi connectivity index (χ3v) is 2.80. The Balaban J connectivity index is 2.48. The number of carbonyl (C=O) groups is 1. The van der Waals surface area contributed by atoms with Gasteiger partial charge in [0, 0.05) is 12.3 Å². The molecular formula is C13H12N2O5. The molecule has 0 heterocycles. The number of para-hydroxylation sites is 1. The molecule has 7 heteroatoms. The third-order valence-electron chi connectivity index (χ3n) is 2.80. The van der Waals surface area contributed by atoms with Gasteiger partial charge in [-0.3, -0.25) is 15.1 Å². The molecule has 0 bridgehead atoms. The number of nitrogens with zero attached hydrogens (tertiary/aromatic N) is 2. The minimum absolute atomic E-state index is 0.0860. The second-order valence-electron chi connectivity index (χ2n) is 4.35. The van der Waals surface area contributed by atoms with Crippen molar-refractivity contribution in [2.45, 2.75) is 18.9 Å². The number of carboxylic acids is 1. The molecular weight excluding hydrogens is 264 g/mol. The summed E-state index contributed by atoms with van der Waals surface area (Å²) in [7, 11) is 0. The lowest BCUT2D eigenvalue weighted by Gasteiger charge is -2.04. The van der Waals surface area contributed by atoms with Crippen molar-refractivity contribution in [2.75, 3.05) is 0 Å². The van der Waals surface area contributed by atoms with Gasteiger partial charge in [-0.15, -0.1) is 0 Å². The topological polar surface area (TPSA) is 113 Å². The van der Waals surface area contributed by atoms with E-state index in [1.54, 1.807) is 0 Å². The molecule has 0 radical (unpaired) electrons. The third kappa shape index (κ3) is 3.00. The Kier molecular flexibility index (Phi) is 3.79. The van der Waals surface area contributed by atoms with E-state index in [0.29, 0.717) is 0 Å². The van der Waals surface area contributed by atoms with Crippen LogP contribution in [-0.4, -0.2) is 33.4 Å². The van der Waals surface area contributed by atoms with E-state index in [2.05, 4.69) is 4.99 Å². The summed E-state index contributed by atoms with van der Waals surface area (Å²) < 4.78 is 0. The Labute approximate surface area is 114 Å². The Bertz CT molecular complexity index is 617. The SMILES string of the molecule is O=C(O)C(C=NC1CC1)=C(O)c1ccccc1[N+](=O)[O-]. The highest BCUT2D eigenvalue weighted by molar-refractivity contribution is 6.14. The Morgan fingerprint density at radius 3 is 2.55 bits per heavy atom. The highest BCUT2D eigenvalue weighted by Gasteiger charge is 2.23. The maximum absolute atomic E-state index is 11.1. The molecule has 0 aliphatic heterocycles. The van der Waals surface area contributed by atoms with Crippen LogP contribution in [0.15, 0.2) is 34.8 Å². The van der Waals surface area contributed by atoms with Gasteiger partial charge in [0.05, 0.1) is 16.5 Å². The first kappa shape index (κ1) is 13.7. The van der Waals surface area contributed by atoms with Crippen LogP contribution in [0.5, 0.6) is 0 Å². The van der Waals surface area contributed by atoms with Crippen LogP contribution < -0.4 is 0 Å². The first-order valence-electron chi connectivity index (χ1n) is 5.94. The molecule has 0 aromatic heterocycles. The average molecular weight is 276 g/mol. The fourth-order valence-electron chi connectivity index (χ4n) is 1.60. The van der Waals surface area contributed by atoms with E-state index < -0.39 is 22.2 Å². The van der Waals surface area contributed by atoms with E-state index >= 15 is 0 Å². The van der Waals surface area contributed by atoms with E-state index in [9.17, 15) is 20.0 Å². The van der Waals surface area contributed by atoms with Crippen LogP contribution in [-0.2, 0) is 4.79 Å². The molecule has 0 unspecified atom stereocenters. The molecule has 1 saturated carbocycles. The fourth-order valence-corrected chi connectivity index (χ4v) is 1.60. The number of hydrogen-bond acceptors (Lipinski definition) is 5. The lowest BCUT2D eigenvalue weighted by Crippen LogP contribution is -2.07. The molecule has 104 valence electrons. The molecule has 1 fully saturated rings. The standard InChI is InChI=1S/C13H12N2O5/c16-12(9-3-1-2-4-11(9)15(19)20)10(13(17)18)7-14-8-5-6-8/h1-4,7-8,16H,5-6H2,(H,17,18). The van der Waals surface area contributed by atoms with Crippen LogP contribution in [0.25, 0.3) is 5.76 Å². The van der Waals surface area contributed by atoms with Gasteiger partial charge in [0.1, 0.15) is 11.3 Å². The van der Waals surface area contributed by atoms with Crippen LogP contribution in [0.3, 0.4) is 0 Å². The van der Waals surface area contributed by atoms with Crippen molar-refractivity contribution in [1.82, 2.24) is 0 Å². The quantitative estimate of drug-likeness (QED) is 0.281. The highest BCUT2D eigenvalue weighted by atomic mass is 16.6. The summed E-state index contributed by atoms with van der Waals surface area (Å²) in [6.07, 6.45) is 2.83. The van der Waals surface area contributed by atoms with Gasteiger partial charge in [0.2, 0.25) is 0 Å². The number of aliphatic hydroxyl groups is 1. The van der Waals surface area contributed by atoms with Gasteiger partial charge in [0.25, 0.3) is 5.69 Å². The van der Waals surface area contributed by atoms with Crippen LogP contribution in [0.4, 0.5) is 5.69 Å². The monoisotopic (exact) mass is 276 g/mol. The van der Waals surface area contributed by atoms with Crippen LogP contribution in [0.2, 0.25) is 0 Å². The van der Waals surface area contributed by atoms with E-state index in [-0.39, 0.29) is 17.3 Å². The summed E-state index contributed by atoms with van der Waals surface area (Å²) in [5.74, 6) is -2.04. The van der Waals surface area contributed by atoms with Gasteiger partial charge in [-0.05, 0) is 18.9 Å². The molecule has 20 heavy (non-hydrogen) atoms. The smallest absolute Gasteiger partial charge is 0.341 e. The molecule has 2 rings (SSSR count). The second kappa shape index (κ2) is 5.52. The number of aliphatic hydroxyl groups excluding tert-OH is 1. The molecule has 0 atom stereocenters. The molecule has 1 aromatic carbocycles. The van der Waals surface area contributed by atoms with Gasteiger partial charge in [0.15, 0.2) is 0 Å². The summed E-state index contributed by atoms with van der Waals surface area (Å²) in [5.41, 5.74) is -0.952. The molecule has 0 amide bonds. The van der Waals surface area contributed by atoms with Crippen molar-refractivity contribution < 1.29 is 19.9 Å². The van der Waals surface area contributed by atoms with Crippen molar-refractivity contribution in [3.63, 3.8) is 0 Å². The van der Waals surface area contributed by atoms with Gasteiger partial charge >= 0.3 is 5.97 Å². The van der Waals surface area contributed by atoms with Gasteiger partial charge in [-0.2, -0.15) is 0 Å². The molecule has 0 spiro atoms. The summed E-state index contributed by atoms with van der Waals surface area (Å²) in [6.45, 7) is 0. The summed E-state index contributed by atoms with van der Waals surface area (Å²) in [6, 6.07) is 5.50. The van der Waals surface area contributed by atoms with Crippen molar-refractivity contribution in [3.8, 4) is 0 Å². The van der Waals surface area contributed by atoms with Crippen molar-refractivity contribution in [1.29, 1.82) is 0 Å². The van der Waals surface area contributed by atoms with Crippen LogP contribution >= 0.6 is 0 Å². The van der Waals surface area contributed by atoms with E-state index in [1.807, 2.05) is 0 Å². The second-order valence-corrected chi connectivity index (χ2v) is 4.35. The van der Waals surface area contributed by atoms with Crippen molar-refractivity contribution in [2.24, 2.45) is 4.99 Å². The van der Waals surface area contributed by atoms with Crippen LogP contribution in [0, 0.1) is 10.1 Å². The lowest BCUT2D eigenvalue weighted by atomic mass is 10.1. The fraction of sp³-hybridized carbons (Fsp3) is 0.231. The number of rotatable bonds is 5. The molecule has 0 saturated heterocycles. The molecule has 7 nitrogen and oxygen atoms in total. The number of aliphatic imine (C=N–C) groups is 1. The number of benzene rings is 1. The van der Waals surface area contributed by atoms with Gasteiger partial charge < -0.3 is 10.2 Å². The maximum atomic E-state index is 11.1. The van der Waals surface area contributed by atoms with Gasteiger partial charge in [-0.25, -0.2) is 4.79 Å². The minimum Gasteiger partial charge on any atom is -0.506 e. The number of nitro benzene ring substituents is 1. The average Bonchev–Trinajstić information content (AvgIpc) is 3.22. The van der Waals surface area contributed by atoms with E-state index in [4.69, 9.17) is 5.11 Å². The molecule has 2 N–H and O–H groups in total.